The average molecular weight is 416 g/mol. The van der Waals surface area contributed by atoms with Crippen LogP contribution in [0.2, 0.25) is 0 Å². The number of hydrogen-bond donors (Lipinski definition) is 3. The first kappa shape index (κ1) is 21.8. The fourth-order valence-corrected chi connectivity index (χ4v) is 4.18. The highest BCUT2D eigenvalue weighted by Gasteiger charge is 2.23. The molecular formula is C22H33N5O3. The monoisotopic (exact) mass is 415 g/mol. The highest BCUT2D eigenvalue weighted by molar-refractivity contribution is 5.88. The fraction of sp³-hybridized carbons (Fsp3) is 0.545. The number of carbonyl (C=O) groups excluding carboxylic acids is 1. The van der Waals surface area contributed by atoms with E-state index in [4.69, 9.17) is 15.2 Å². The van der Waals surface area contributed by atoms with Gasteiger partial charge in [0.2, 0.25) is 5.91 Å². The molecule has 1 aromatic carbocycles. The number of guanidine groups is 1. The number of aromatic nitrogens is 1. The summed E-state index contributed by atoms with van der Waals surface area (Å²) in [6, 6.07) is 6.03. The van der Waals surface area contributed by atoms with Gasteiger partial charge in [-0.1, -0.05) is 0 Å². The molecule has 0 saturated carbocycles. The van der Waals surface area contributed by atoms with Gasteiger partial charge in [-0.25, -0.2) is 0 Å². The zero-order valence-corrected chi connectivity index (χ0v) is 18.2. The summed E-state index contributed by atoms with van der Waals surface area (Å²) in [6.07, 6.45) is 4.42. The Balaban J connectivity index is 1.53. The summed E-state index contributed by atoms with van der Waals surface area (Å²) >= 11 is 0. The summed E-state index contributed by atoms with van der Waals surface area (Å²) in [6.45, 7) is 2.60. The lowest BCUT2D eigenvalue weighted by atomic mass is 9.95. The van der Waals surface area contributed by atoms with Gasteiger partial charge < -0.3 is 30.4 Å². The molecule has 0 bridgehead atoms. The Morgan fingerprint density at radius 3 is 2.87 bits per heavy atom. The molecule has 0 aliphatic carbocycles. The first-order valence-electron chi connectivity index (χ1n) is 10.5. The normalized spacial score (nSPS) is 17.2. The van der Waals surface area contributed by atoms with Crippen LogP contribution in [-0.4, -0.2) is 62.7 Å². The van der Waals surface area contributed by atoms with E-state index in [0.717, 1.165) is 79.4 Å². The van der Waals surface area contributed by atoms with E-state index in [9.17, 15) is 4.79 Å². The van der Waals surface area contributed by atoms with Crippen LogP contribution >= 0.6 is 0 Å². The van der Waals surface area contributed by atoms with Crippen LogP contribution in [0.3, 0.4) is 0 Å². The number of methoxy groups -OCH3 is 2. The van der Waals surface area contributed by atoms with Gasteiger partial charge in [-0.05, 0) is 37.7 Å². The van der Waals surface area contributed by atoms with Gasteiger partial charge in [-0.3, -0.25) is 9.79 Å². The van der Waals surface area contributed by atoms with Gasteiger partial charge in [0.05, 0.1) is 19.7 Å². The molecule has 1 saturated heterocycles. The lowest BCUT2D eigenvalue weighted by Crippen LogP contribution is -2.47. The van der Waals surface area contributed by atoms with Crippen molar-refractivity contribution in [3.8, 4) is 11.5 Å². The Labute approximate surface area is 177 Å². The number of ether oxygens (including phenoxy) is 2. The third-order valence-electron chi connectivity index (χ3n) is 5.61. The molecule has 8 nitrogen and oxygen atoms in total. The van der Waals surface area contributed by atoms with Crippen molar-refractivity contribution >= 4 is 22.8 Å². The minimum atomic E-state index is -0.225. The summed E-state index contributed by atoms with van der Waals surface area (Å²) in [4.78, 5) is 21.4. The molecule has 164 valence electrons. The Bertz CT molecular complexity index is 892. The molecule has 2 heterocycles. The number of amides is 1. The molecule has 0 spiro atoms. The van der Waals surface area contributed by atoms with Crippen molar-refractivity contribution in [1.82, 2.24) is 15.2 Å². The highest BCUT2D eigenvalue weighted by Crippen LogP contribution is 2.31. The number of piperidine rings is 1. The molecule has 0 radical (unpaired) electrons. The lowest BCUT2D eigenvalue weighted by Gasteiger charge is -2.34. The van der Waals surface area contributed by atoms with E-state index >= 15 is 0 Å². The van der Waals surface area contributed by atoms with E-state index in [2.05, 4.69) is 26.3 Å². The minimum Gasteiger partial charge on any atom is -0.497 e. The van der Waals surface area contributed by atoms with Crippen molar-refractivity contribution in [3.05, 3.63) is 23.9 Å². The average Bonchev–Trinajstić information content (AvgIpc) is 3.15. The third-order valence-corrected chi connectivity index (χ3v) is 5.61. The first-order valence-corrected chi connectivity index (χ1v) is 10.5. The number of fused-ring (bicyclic) bond motifs is 1. The van der Waals surface area contributed by atoms with Crippen molar-refractivity contribution in [2.75, 3.05) is 40.9 Å². The number of primary amides is 1. The minimum absolute atomic E-state index is 0.225. The zero-order chi connectivity index (χ0) is 21.5. The topological polar surface area (TPSA) is 105 Å². The van der Waals surface area contributed by atoms with E-state index in [1.54, 1.807) is 21.3 Å². The van der Waals surface area contributed by atoms with Gasteiger partial charge in [0.25, 0.3) is 0 Å². The van der Waals surface area contributed by atoms with E-state index in [1.807, 2.05) is 12.1 Å². The predicted octanol–water partition coefficient (Wildman–Crippen LogP) is 2.28. The molecule has 8 heteroatoms. The number of H-pyrrole nitrogens is 1. The number of hydrogen-bond acceptors (Lipinski definition) is 4. The largest absolute Gasteiger partial charge is 0.497 e. The zero-order valence-electron chi connectivity index (χ0n) is 18.2. The standard InChI is InChI=1S/C22H33N5O3/c1-24-22(27-9-5-6-15(14-27)10-21(23)28)25-8-4-7-16-11-18-19(26-16)12-17(29-2)13-20(18)30-3/h11-13,15,26H,4-10,14H2,1-3H3,(H2,23,28)(H,24,25). The number of likely N-dealkylation sites (tertiary alicyclic amines) is 1. The predicted molar refractivity (Wildman–Crippen MR) is 119 cm³/mol. The second-order valence-corrected chi connectivity index (χ2v) is 7.79. The van der Waals surface area contributed by atoms with Crippen LogP contribution in [0.5, 0.6) is 11.5 Å². The second-order valence-electron chi connectivity index (χ2n) is 7.79. The molecule has 1 unspecified atom stereocenters. The molecule has 1 aliphatic heterocycles. The van der Waals surface area contributed by atoms with Crippen molar-refractivity contribution < 1.29 is 14.3 Å². The summed E-state index contributed by atoms with van der Waals surface area (Å²) in [7, 11) is 5.13. The Morgan fingerprint density at radius 2 is 2.17 bits per heavy atom. The van der Waals surface area contributed by atoms with Crippen LogP contribution < -0.4 is 20.5 Å². The van der Waals surface area contributed by atoms with E-state index in [1.165, 1.54) is 0 Å². The van der Waals surface area contributed by atoms with Crippen molar-refractivity contribution in [2.24, 2.45) is 16.6 Å². The van der Waals surface area contributed by atoms with Gasteiger partial charge in [-0.2, -0.15) is 0 Å². The van der Waals surface area contributed by atoms with Gasteiger partial charge in [0.1, 0.15) is 11.5 Å². The van der Waals surface area contributed by atoms with Gasteiger partial charge in [-0.15, -0.1) is 0 Å². The van der Waals surface area contributed by atoms with Crippen LogP contribution in [0.1, 0.15) is 31.4 Å². The van der Waals surface area contributed by atoms with Crippen molar-refractivity contribution in [3.63, 3.8) is 0 Å². The molecule has 4 N–H and O–H groups in total. The number of aromatic amines is 1. The maximum Gasteiger partial charge on any atom is 0.217 e. The lowest BCUT2D eigenvalue weighted by molar-refractivity contribution is -0.119. The number of benzene rings is 1. The number of nitrogens with two attached hydrogens (primary N) is 1. The second kappa shape index (κ2) is 10.2. The third kappa shape index (κ3) is 5.37. The molecule has 1 amide bonds. The van der Waals surface area contributed by atoms with E-state index in [-0.39, 0.29) is 5.91 Å². The number of aliphatic imine (C=N–C) groups is 1. The molecule has 1 fully saturated rings. The summed E-state index contributed by atoms with van der Waals surface area (Å²) in [5, 5.41) is 4.52. The molecule has 30 heavy (non-hydrogen) atoms. The van der Waals surface area contributed by atoms with Crippen LogP contribution in [-0.2, 0) is 11.2 Å². The Kier molecular flexibility index (Phi) is 7.43. The molecule has 1 aromatic heterocycles. The van der Waals surface area contributed by atoms with Gasteiger partial charge in [0, 0.05) is 56.3 Å². The molecule has 3 rings (SSSR count). The SMILES string of the molecule is CN=C(NCCCc1cc2c(OC)cc(OC)cc2[nH]1)N1CCCC(CC(N)=O)C1. The molecule has 2 aromatic rings. The molecule has 1 aliphatic rings. The molecular weight excluding hydrogens is 382 g/mol. The van der Waals surface area contributed by atoms with Gasteiger partial charge >= 0.3 is 0 Å². The van der Waals surface area contributed by atoms with Crippen LogP contribution in [0.25, 0.3) is 10.9 Å². The highest BCUT2D eigenvalue weighted by atomic mass is 16.5. The molecule has 1 atom stereocenters. The Hall–Kier alpha value is -2.90. The van der Waals surface area contributed by atoms with Crippen molar-refractivity contribution in [2.45, 2.75) is 32.1 Å². The number of rotatable bonds is 8. The van der Waals surface area contributed by atoms with Crippen molar-refractivity contribution in [1.29, 1.82) is 0 Å². The number of nitrogens with zero attached hydrogens (tertiary/aromatic N) is 2. The van der Waals surface area contributed by atoms with E-state index < -0.39 is 0 Å². The fourth-order valence-electron chi connectivity index (χ4n) is 4.18. The number of nitrogens with one attached hydrogen (secondary N) is 2. The summed E-state index contributed by atoms with van der Waals surface area (Å²) in [5.41, 5.74) is 7.54. The van der Waals surface area contributed by atoms with Crippen LogP contribution in [0.15, 0.2) is 23.2 Å². The maximum atomic E-state index is 11.2. The summed E-state index contributed by atoms with van der Waals surface area (Å²) in [5.74, 6) is 2.56. The first-order chi connectivity index (χ1) is 14.5. The maximum absolute atomic E-state index is 11.2. The van der Waals surface area contributed by atoms with Gasteiger partial charge in [0.15, 0.2) is 5.96 Å². The quantitative estimate of drug-likeness (QED) is 0.349. The summed E-state index contributed by atoms with van der Waals surface area (Å²) < 4.78 is 10.8. The van der Waals surface area contributed by atoms with Crippen LogP contribution in [0.4, 0.5) is 0 Å². The number of aryl methyl sites for hydroxylation is 1. The van der Waals surface area contributed by atoms with Crippen LogP contribution in [0, 0.1) is 5.92 Å². The van der Waals surface area contributed by atoms with E-state index in [0.29, 0.717) is 12.3 Å². The Morgan fingerprint density at radius 1 is 1.33 bits per heavy atom. The smallest absolute Gasteiger partial charge is 0.217 e. The number of carbonyl (C=O) groups is 1.